The molecule has 5 rings (SSSR count). The molecule has 2 aromatic carbocycles. The Kier molecular flexibility index (Phi) is 6.36. The Labute approximate surface area is 205 Å². The highest BCUT2D eigenvalue weighted by Gasteiger charge is 2.61. The van der Waals surface area contributed by atoms with Crippen molar-refractivity contribution in [3.05, 3.63) is 83.4 Å². The molecule has 2 aromatic rings. The molecule has 2 saturated heterocycles. The van der Waals surface area contributed by atoms with Gasteiger partial charge in [-0.1, -0.05) is 36.4 Å². The van der Waals surface area contributed by atoms with Gasteiger partial charge in [0.15, 0.2) is 0 Å². The van der Waals surface area contributed by atoms with Crippen LogP contribution in [0.5, 0.6) is 0 Å². The van der Waals surface area contributed by atoms with Gasteiger partial charge in [-0.2, -0.15) is 4.31 Å². The minimum atomic E-state index is -3.76. The smallest absolute Gasteiger partial charge is 0.221 e. The van der Waals surface area contributed by atoms with Crippen LogP contribution >= 0.6 is 0 Å². The normalized spacial score (nSPS) is 26.6. The van der Waals surface area contributed by atoms with Gasteiger partial charge in [-0.15, -0.1) is 6.58 Å². The van der Waals surface area contributed by atoms with Crippen molar-refractivity contribution in [1.29, 1.82) is 0 Å². The summed E-state index contributed by atoms with van der Waals surface area (Å²) in [5.74, 6) is -1.21. The lowest BCUT2D eigenvalue weighted by atomic mass is 9.55. The molecule has 8 heteroatoms. The van der Waals surface area contributed by atoms with Gasteiger partial charge < -0.3 is 9.47 Å². The first kappa shape index (κ1) is 24.6. The predicted octanol–water partition coefficient (Wildman–Crippen LogP) is 5.23. The maximum absolute atomic E-state index is 15.5. The van der Waals surface area contributed by atoms with E-state index in [1.165, 1.54) is 10.4 Å². The van der Waals surface area contributed by atoms with Gasteiger partial charge in [0.05, 0.1) is 25.4 Å². The van der Waals surface area contributed by atoms with Crippen LogP contribution in [0.2, 0.25) is 0 Å². The molecule has 188 valence electrons. The van der Waals surface area contributed by atoms with E-state index in [0.29, 0.717) is 44.5 Å². The third-order valence-corrected chi connectivity index (χ3v) is 10.1. The molecule has 35 heavy (non-hydrogen) atoms. The molecule has 1 saturated carbocycles. The Balaban J connectivity index is 1.43. The zero-order chi connectivity index (χ0) is 24.8. The average molecular weight is 504 g/mol. The summed E-state index contributed by atoms with van der Waals surface area (Å²) in [6.07, 6.45) is 3.84. The van der Waals surface area contributed by atoms with Crippen LogP contribution in [0, 0.1) is 17.0 Å². The molecule has 3 aliphatic rings. The number of rotatable bonds is 7. The highest BCUT2D eigenvalue weighted by molar-refractivity contribution is 7.89. The highest BCUT2D eigenvalue weighted by Crippen LogP contribution is 2.60. The highest BCUT2D eigenvalue weighted by atomic mass is 32.2. The lowest BCUT2D eigenvalue weighted by molar-refractivity contribution is -0.259. The number of halogens is 2. The van der Waals surface area contributed by atoms with E-state index in [-0.39, 0.29) is 35.7 Å². The van der Waals surface area contributed by atoms with Gasteiger partial charge in [0, 0.05) is 29.1 Å². The summed E-state index contributed by atoms with van der Waals surface area (Å²) < 4.78 is 70.5. The lowest BCUT2D eigenvalue weighted by Gasteiger charge is -2.59. The van der Waals surface area contributed by atoms with Crippen molar-refractivity contribution >= 4 is 10.0 Å². The van der Waals surface area contributed by atoms with Crippen LogP contribution < -0.4 is 0 Å². The van der Waals surface area contributed by atoms with E-state index < -0.39 is 32.5 Å². The molecule has 2 aliphatic heterocycles. The second kappa shape index (κ2) is 9.07. The summed E-state index contributed by atoms with van der Waals surface area (Å²) in [5, 5.41) is -0.696. The lowest BCUT2D eigenvalue weighted by Crippen LogP contribution is -2.61. The Morgan fingerprint density at radius 2 is 1.86 bits per heavy atom. The first-order valence-electron chi connectivity index (χ1n) is 12.1. The summed E-state index contributed by atoms with van der Waals surface area (Å²) in [4.78, 5) is 0. The zero-order valence-electron chi connectivity index (χ0n) is 19.9. The zero-order valence-corrected chi connectivity index (χ0v) is 20.7. The summed E-state index contributed by atoms with van der Waals surface area (Å²) in [5.41, 5.74) is -0.0479. The summed E-state index contributed by atoms with van der Waals surface area (Å²) in [7, 11) is -3.76. The third kappa shape index (κ3) is 4.24. The van der Waals surface area contributed by atoms with Crippen molar-refractivity contribution in [1.82, 2.24) is 4.31 Å². The van der Waals surface area contributed by atoms with Crippen LogP contribution in [-0.4, -0.2) is 38.6 Å². The monoisotopic (exact) mass is 503 g/mol. The van der Waals surface area contributed by atoms with Gasteiger partial charge in [0.1, 0.15) is 16.9 Å². The summed E-state index contributed by atoms with van der Waals surface area (Å²) in [6.45, 7) is 6.70. The van der Waals surface area contributed by atoms with Gasteiger partial charge in [-0.05, 0) is 50.3 Å². The predicted molar refractivity (Wildman–Crippen MR) is 129 cm³/mol. The van der Waals surface area contributed by atoms with Gasteiger partial charge in [0.25, 0.3) is 0 Å². The Bertz CT molecular complexity index is 1210. The van der Waals surface area contributed by atoms with Crippen LogP contribution in [0.25, 0.3) is 0 Å². The van der Waals surface area contributed by atoms with Crippen LogP contribution in [0.4, 0.5) is 8.78 Å². The van der Waals surface area contributed by atoms with Crippen molar-refractivity contribution in [2.45, 2.75) is 56.0 Å². The fourth-order valence-electron chi connectivity index (χ4n) is 5.92. The molecule has 0 bridgehead atoms. The van der Waals surface area contributed by atoms with Crippen molar-refractivity contribution in [2.24, 2.45) is 5.41 Å². The number of hydrogen-bond donors (Lipinski definition) is 0. The van der Waals surface area contributed by atoms with Gasteiger partial charge >= 0.3 is 0 Å². The van der Waals surface area contributed by atoms with E-state index in [4.69, 9.17) is 9.47 Å². The van der Waals surface area contributed by atoms with Crippen LogP contribution in [0.3, 0.4) is 0 Å². The SMILES string of the molecule is C=CCOC1(c2cc(F)c(CN3[C@@H](C)CC[C@H](c4ccccc4)S3(=O)=O)cc2F)CC2(COC2)C1. The number of hydrogen-bond acceptors (Lipinski definition) is 4. The summed E-state index contributed by atoms with van der Waals surface area (Å²) in [6, 6.07) is 11.1. The van der Waals surface area contributed by atoms with Gasteiger partial charge in [-0.3, -0.25) is 0 Å². The van der Waals surface area contributed by atoms with Gasteiger partial charge in [0.2, 0.25) is 10.0 Å². The van der Waals surface area contributed by atoms with E-state index in [9.17, 15) is 8.42 Å². The summed E-state index contributed by atoms with van der Waals surface area (Å²) >= 11 is 0. The molecule has 2 atom stereocenters. The van der Waals surface area contributed by atoms with Crippen molar-refractivity contribution in [2.75, 3.05) is 19.8 Å². The van der Waals surface area contributed by atoms with Crippen LogP contribution in [0.1, 0.15) is 54.5 Å². The molecule has 0 unspecified atom stereocenters. The third-order valence-electron chi connectivity index (χ3n) is 7.76. The molecule has 3 fully saturated rings. The van der Waals surface area contributed by atoms with E-state index in [1.807, 2.05) is 25.1 Å². The maximum Gasteiger partial charge on any atom is 0.221 e. The molecule has 0 radical (unpaired) electrons. The van der Waals surface area contributed by atoms with Crippen LogP contribution in [0.15, 0.2) is 55.1 Å². The molecule has 0 N–H and O–H groups in total. The minimum Gasteiger partial charge on any atom is -0.380 e. The molecular formula is C27H31F2NO4S. The molecule has 1 spiro atoms. The van der Waals surface area contributed by atoms with E-state index in [1.54, 1.807) is 18.2 Å². The van der Waals surface area contributed by atoms with E-state index >= 15 is 8.78 Å². The second-order valence-corrected chi connectivity index (χ2v) is 12.3. The standard InChI is InChI=1S/C27H31F2NO4S/c1-3-11-34-27(15-26(16-27)17-33-18-26)22-13-23(28)21(12-24(22)29)14-30-19(2)9-10-25(35(30,31)32)20-7-5-4-6-8-20/h3-8,12-13,19,25H,1,9-11,14-18H2,2H3/t19-,25+/m0/s1. The van der Waals surface area contributed by atoms with Crippen LogP contribution in [-0.2, 0) is 31.6 Å². The molecule has 0 aromatic heterocycles. The Morgan fingerprint density at radius 3 is 2.49 bits per heavy atom. The molecular weight excluding hydrogens is 472 g/mol. The van der Waals surface area contributed by atoms with Crippen molar-refractivity contribution in [3.8, 4) is 0 Å². The van der Waals surface area contributed by atoms with Crippen molar-refractivity contribution in [3.63, 3.8) is 0 Å². The average Bonchev–Trinajstić information content (AvgIpc) is 2.77. The fraction of sp³-hybridized carbons (Fsp3) is 0.481. The molecule has 2 heterocycles. The quantitative estimate of drug-likeness (QED) is 0.486. The number of sulfonamides is 1. The Morgan fingerprint density at radius 1 is 1.14 bits per heavy atom. The molecule has 1 aliphatic carbocycles. The maximum atomic E-state index is 15.5. The second-order valence-electron chi connectivity index (χ2n) is 10.3. The number of nitrogens with zero attached hydrogens (tertiary/aromatic N) is 1. The van der Waals surface area contributed by atoms with E-state index in [0.717, 1.165) is 6.07 Å². The number of benzene rings is 2. The van der Waals surface area contributed by atoms with Gasteiger partial charge in [-0.25, -0.2) is 17.2 Å². The molecule has 5 nitrogen and oxygen atoms in total. The largest absolute Gasteiger partial charge is 0.380 e. The van der Waals surface area contributed by atoms with Crippen molar-refractivity contribution < 1.29 is 26.7 Å². The topological polar surface area (TPSA) is 55.8 Å². The minimum absolute atomic E-state index is 0.0234. The first-order valence-corrected chi connectivity index (χ1v) is 13.6. The van der Waals surface area contributed by atoms with E-state index in [2.05, 4.69) is 6.58 Å². The number of ether oxygens (including phenoxy) is 2. The first-order chi connectivity index (χ1) is 16.7. The Hall–Kier alpha value is -2.13. The fourth-order valence-corrected chi connectivity index (χ4v) is 8.11. The molecule has 0 amide bonds.